The number of benzene rings is 1. The molecule has 1 aliphatic carbocycles. The van der Waals surface area contributed by atoms with Crippen molar-refractivity contribution in [1.29, 1.82) is 0 Å². The maximum atomic E-state index is 12.6. The number of rotatable bonds is 6. The molecule has 9 heteroatoms. The topological polar surface area (TPSA) is 89.0 Å². The lowest BCUT2D eigenvalue weighted by atomic mass is 10.0. The third kappa shape index (κ3) is 5.24. The summed E-state index contributed by atoms with van der Waals surface area (Å²) in [6.45, 7) is 1.88. The van der Waals surface area contributed by atoms with E-state index in [-0.39, 0.29) is 21.9 Å². The lowest BCUT2D eigenvalue weighted by Crippen LogP contribution is -2.25. The Kier molecular flexibility index (Phi) is 6.95. The monoisotopic (exact) mass is 439 g/mol. The van der Waals surface area contributed by atoms with Crippen molar-refractivity contribution in [2.24, 2.45) is 0 Å². The minimum Gasteiger partial charge on any atom is -0.325 e. The molecule has 0 atom stereocenters. The molecule has 0 bridgehead atoms. The molecular formula is C19H22ClN3O3S2. The molecule has 1 aliphatic rings. The Labute approximate surface area is 174 Å². The number of hydrogen-bond donors (Lipinski definition) is 1. The van der Waals surface area contributed by atoms with Gasteiger partial charge in [0, 0.05) is 10.7 Å². The number of nitrogens with zero attached hydrogens (tertiary/aromatic N) is 2. The summed E-state index contributed by atoms with van der Waals surface area (Å²) < 4.78 is 25.3. The van der Waals surface area contributed by atoms with Crippen molar-refractivity contribution < 1.29 is 13.2 Å². The number of carbonyl (C=O) groups excluding carboxylic acids is 1. The highest BCUT2D eigenvalue weighted by Crippen LogP contribution is 2.28. The van der Waals surface area contributed by atoms with Crippen molar-refractivity contribution in [2.45, 2.75) is 54.3 Å². The van der Waals surface area contributed by atoms with Gasteiger partial charge in [0.05, 0.1) is 11.0 Å². The highest BCUT2D eigenvalue weighted by molar-refractivity contribution is 7.99. The first kappa shape index (κ1) is 21.1. The number of aryl methyl sites for hydroxylation is 1. The predicted octanol–water partition coefficient (Wildman–Crippen LogP) is 4.28. The standard InChI is InChI=1S/C19H22ClN3O3S2/c1-13-7-8-14(20)11-16(13)21-17(24)12-27-18-9-10-19(23-22-18)28(25,26)15-5-3-2-4-6-15/h7-11,15H,2-6,12H2,1H3,(H,21,24). The van der Waals surface area contributed by atoms with Crippen LogP contribution >= 0.6 is 23.4 Å². The number of sulfone groups is 1. The van der Waals surface area contributed by atoms with Crippen molar-refractivity contribution in [2.75, 3.05) is 11.1 Å². The van der Waals surface area contributed by atoms with Gasteiger partial charge >= 0.3 is 0 Å². The van der Waals surface area contributed by atoms with E-state index in [1.165, 1.54) is 17.8 Å². The minimum absolute atomic E-state index is 0.0164. The number of hydrogen-bond acceptors (Lipinski definition) is 6. The molecule has 0 radical (unpaired) electrons. The van der Waals surface area contributed by atoms with Crippen LogP contribution in [0, 0.1) is 6.92 Å². The highest BCUT2D eigenvalue weighted by atomic mass is 35.5. The molecule has 0 aliphatic heterocycles. The molecule has 3 rings (SSSR count). The van der Waals surface area contributed by atoms with Crippen LogP contribution in [-0.2, 0) is 14.6 Å². The van der Waals surface area contributed by atoms with Crippen LogP contribution in [0.1, 0.15) is 37.7 Å². The van der Waals surface area contributed by atoms with Crippen LogP contribution in [0.3, 0.4) is 0 Å². The molecule has 0 unspecified atom stereocenters. The number of halogens is 1. The number of aromatic nitrogens is 2. The maximum Gasteiger partial charge on any atom is 0.234 e. The van der Waals surface area contributed by atoms with E-state index in [2.05, 4.69) is 15.5 Å². The summed E-state index contributed by atoms with van der Waals surface area (Å²) in [5, 5.41) is 11.4. The first-order chi connectivity index (χ1) is 13.4. The van der Waals surface area contributed by atoms with Crippen LogP contribution in [0.15, 0.2) is 40.4 Å². The number of amides is 1. The average molecular weight is 440 g/mol. The van der Waals surface area contributed by atoms with E-state index in [1.807, 2.05) is 13.0 Å². The number of nitrogens with one attached hydrogen (secondary N) is 1. The third-order valence-corrected chi connectivity index (χ3v) is 8.03. The van der Waals surface area contributed by atoms with E-state index in [1.54, 1.807) is 18.2 Å². The zero-order valence-electron chi connectivity index (χ0n) is 15.5. The zero-order chi connectivity index (χ0) is 20.1. The molecule has 6 nitrogen and oxygen atoms in total. The molecule has 1 amide bonds. The van der Waals surface area contributed by atoms with E-state index in [9.17, 15) is 13.2 Å². The maximum absolute atomic E-state index is 12.6. The highest BCUT2D eigenvalue weighted by Gasteiger charge is 2.30. The van der Waals surface area contributed by atoms with Gasteiger partial charge in [0.2, 0.25) is 5.91 Å². The summed E-state index contributed by atoms with van der Waals surface area (Å²) in [6.07, 6.45) is 4.33. The second-order valence-electron chi connectivity index (χ2n) is 6.81. The van der Waals surface area contributed by atoms with Gasteiger partial charge in [-0.1, -0.05) is 48.7 Å². The average Bonchev–Trinajstić information content (AvgIpc) is 2.70. The summed E-state index contributed by atoms with van der Waals surface area (Å²) in [7, 11) is -3.43. The summed E-state index contributed by atoms with van der Waals surface area (Å²) in [4.78, 5) is 12.2. The Morgan fingerprint density at radius 3 is 2.61 bits per heavy atom. The van der Waals surface area contributed by atoms with E-state index in [0.717, 1.165) is 24.8 Å². The van der Waals surface area contributed by atoms with Crippen LogP contribution in [0.4, 0.5) is 5.69 Å². The van der Waals surface area contributed by atoms with Gasteiger partial charge in [-0.15, -0.1) is 10.2 Å². The second-order valence-corrected chi connectivity index (χ2v) is 10.4. The lowest BCUT2D eigenvalue weighted by molar-refractivity contribution is -0.113. The Morgan fingerprint density at radius 2 is 1.93 bits per heavy atom. The summed E-state index contributed by atoms with van der Waals surface area (Å²) in [5.41, 5.74) is 1.58. The fourth-order valence-corrected chi connectivity index (χ4v) is 5.63. The van der Waals surface area contributed by atoms with Crippen LogP contribution in [0.2, 0.25) is 5.02 Å². The van der Waals surface area contributed by atoms with Crippen LogP contribution in [0.5, 0.6) is 0 Å². The van der Waals surface area contributed by atoms with Gasteiger partial charge in [-0.05, 0) is 49.6 Å². The van der Waals surface area contributed by atoms with Gasteiger partial charge in [-0.3, -0.25) is 4.79 Å². The molecule has 1 saturated carbocycles. The molecule has 1 fully saturated rings. The molecule has 2 aromatic rings. The molecular weight excluding hydrogens is 418 g/mol. The molecule has 1 heterocycles. The van der Waals surface area contributed by atoms with Crippen LogP contribution in [-0.4, -0.2) is 35.5 Å². The second kappa shape index (κ2) is 9.24. The Balaban J connectivity index is 1.58. The SMILES string of the molecule is Cc1ccc(Cl)cc1NC(=O)CSc1ccc(S(=O)(=O)C2CCCCC2)nn1. The van der Waals surface area contributed by atoms with E-state index >= 15 is 0 Å². The zero-order valence-corrected chi connectivity index (χ0v) is 17.9. The molecule has 28 heavy (non-hydrogen) atoms. The smallest absolute Gasteiger partial charge is 0.234 e. The first-order valence-corrected chi connectivity index (χ1v) is 12.0. The molecule has 1 aromatic heterocycles. The lowest BCUT2D eigenvalue weighted by Gasteiger charge is -2.20. The Morgan fingerprint density at radius 1 is 1.18 bits per heavy atom. The molecule has 1 N–H and O–H groups in total. The van der Waals surface area contributed by atoms with Crippen molar-refractivity contribution in [3.8, 4) is 0 Å². The summed E-state index contributed by atoms with van der Waals surface area (Å²) in [6, 6.07) is 8.38. The van der Waals surface area contributed by atoms with E-state index in [0.29, 0.717) is 28.6 Å². The molecule has 150 valence electrons. The van der Waals surface area contributed by atoms with Crippen molar-refractivity contribution in [1.82, 2.24) is 10.2 Å². The normalized spacial score (nSPS) is 15.4. The van der Waals surface area contributed by atoms with E-state index < -0.39 is 9.84 Å². The van der Waals surface area contributed by atoms with E-state index in [4.69, 9.17) is 11.6 Å². The van der Waals surface area contributed by atoms with Crippen LogP contribution in [0.25, 0.3) is 0 Å². The fraction of sp³-hybridized carbons (Fsp3) is 0.421. The Bertz CT molecular complexity index is 943. The summed E-state index contributed by atoms with van der Waals surface area (Å²) >= 11 is 7.16. The molecule has 0 spiro atoms. The number of anilines is 1. The van der Waals surface area contributed by atoms with Gasteiger partial charge in [-0.2, -0.15) is 0 Å². The molecule has 0 saturated heterocycles. The largest absolute Gasteiger partial charge is 0.325 e. The van der Waals surface area contributed by atoms with Gasteiger partial charge < -0.3 is 5.32 Å². The Hall–Kier alpha value is -1.64. The van der Waals surface area contributed by atoms with Gasteiger partial charge in [0.1, 0.15) is 5.03 Å². The van der Waals surface area contributed by atoms with Crippen molar-refractivity contribution in [3.63, 3.8) is 0 Å². The summed E-state index contributed by atoms with van der Waals surface area (Å²) in [5.74, 6) is -0.0638. The minimum atomic E-state index is -3.43. The number of carbonyl (C=O) groups is 1. The molecule has 1 aromatic carbocycles. The third-order valence-electron chi connectivity index (χ3n) is 4.72. The van der Waals surface area contributed by atoms with Crippen molar-refractivity contribution in [3.05, 3.63) is 40.9 Å². The van der Waals surface area contributed by atoms with Gasteiger partial charge in [0.25, 0.3) is 0 Å². The number of thioether (sulfide) groups is 1. The first-order valence-electron chi connectivity index (χ1n) is 9.13. The quantitative estimate of drug-likeness (QED) is 0.676. The fourth-order valence-electron chi connectivity index (χ4n) is 3.14. The predicted molar refractivity (Wildman–Crippen MR) is 112 cm³/mol. The van der Waals surface area contributed by atoms with Crippen LogP contribution < -0.4 is 5.32 Å². The van der Waals surface area contributed by atoms with Crippen molar-refractivity contribution >= 4 is 44.8 Å². The van der Waals surface area contributed by atoms with Gasteiger partial charge in [0.15, 0.2) is 14.9 Å². The van der Waals surface area contributed by atoms with Gasteiger partial charge in [-0.25, -0.2) is 8.42 Å².